The van der Waals surface area contributed by atoms with Gasteiger partial charge in [0.15, 0.2) is 0 Å². The van der Waals surface area contributed by atoms with E-state index in [4.69, 9.17) is 4.74 Å². The van der Waals surface area contributed by atoms with Crippen molar-refractivity contribution in [2.45, 2.75) is 51.6 Å². The number of carbonyl (C=O) groups is 3. The first-order valence-electron chi connectivity index (χ1n) is 19.6. The third kappa shape index (κ3) is 11.1. The van der Waals surface area contributed by atoms with Crippen LogP contribution in [0.5, 0.6) is 5.75 Å². The molecule has 0 aliphatic carbocycles. The standard InChI is InChI=1S/C43H56N4O7/c48-41(49)38(34-10-13-44-24-34)21-29-4-1-7-32(18-29)27-47(28-33-8-2-5-30(19-33)22-39(42(50)51)35-11-14-45-25-35)16-17-54-37-9-3-6-31(20-37)23-40(43(52)53)36-12-15-46-26-36/h1-9,18-20,34-36,38-40,44-46H,10-17,21-28H2,(H,48,49)(H,50,51)(H,52,53)/t34-,35-,36-,38-,39-,40-/m0/s1. The minimum absolute atomic E-state index is 0.113. The van der Waals surface area contributed by atoms with Crippen molar-refractivity contribution in [2.75, 3.05) is 52.4 Å². The van der Waals surface area contributed by atoms with Crippen molar-refractivity contribution in [3.8, 4) is 5.75 Å². The largest absolute Gasteiger partial charge is 0.492 e. The first kappa shape index (κ1) is 39.4. The van der Waals surface area contributed by atoms with Crippen LogP contribution in [0.3, 0.4) is 0 Å². The number of nitrogens with one attached hydrogen (secondary N) is 3. The monoisotopic (exact) mass is 740 g/mol. The number of ether oxygens (including phenoxy) is 1. The summed E-state index contributed by atoms with van der Waals surface area (Å²) in [6.07, 6.45) is 4.03. The summed E-state index contributed by atoms with van der Waals surface area (Å²) in [6.45, 7) is 6.99. The average Bonchev–Trinajstić information content (AvgIpc) is 3.97. The van der Waals surface area contributed by atoms with E-state index in [1.165, 1.54) is 0 Å². The van der Waals surface area contributed by atoms with E-state index < -0.39 is 35.7 Å². The Kier molecular flexibility index (Phi) is 14.1. The normalized spacial score (nSPS) is 21.5. The minimum Gasteiger partial charge on any atom is -0.492 e. The topological polar surface area (TPSA) is 160 Å². The van der Waals surface area contributed by atoms with Gasteiger partial charge in [0.2, 0.25) is 0 Å². The first-order chi connectivity index (χ1) is 26.2. The smallest absolute Gasteiger partial charge is 0.307 e. The zero-order valence-electron chi connectivity index (χ0n) is 31.1. The van der Waals surface area contributed by atoms with Crippen LogP contribution in [0.15, 0.2) is 72.8 Å². The Balaban J connectivity index is 1.15. The summed E-state index contributed by atoms with van der Waals surface area (Å²) >= 11 is 0. The first-order valence-corrected chi connectivity index (χ1v) is 19.6. The lowest BCUT2D eigenvalue weighted by Crippen LogP contribution is -2.29. The molecule has 3 heterocycles. The number of aliphatic carboxylic acids is 3. The van der Waals surface area contributed by atoms with Crippen molar-refractivity contribution in [1.29, 1.82) is 0 Å². The molecular weight excluding hydrogens is 684 g/mol. The van der Waals surface area contributed by atoms with E-state index in [0.29, 0.717) is 51.3 Å². The Bertz CT molecular complexity index is 1620. The van der Waals surface area contributed by atoms with E-state index in [9.17, 15) is 29.7 Å². The third-order valence-electron chi connectivity index (χ3n) is 11.7. The molecule has 3 aromatic carbocycles. The van der Waals surface area contributed by atoms with E-state index in [1.807, 2.05) is 48.5 Å². The molecule has 11 nitrogen and oxygen atoms in total. The Morgan fingerprint density at radius 3 is 1.37 bits per heavy atom. The lowest BCUT2D eigenvalue weighted by atomic mass is 9.86. The molecule has 0 radical (unpaired) electrons. The summed E-state index contributed by atoms with van der Waals surface area (Å²) in [5.74, 6) is -2.53. The zero-order chi connectivity index (χ0) is 37.9. The Hall–Kier alpha value is -4.29. The Morgan fingerprint density at radius 1 is 0.593 bits per heavy atom. The predicted molar refractivity (Wildman–Crippen MR) is 206 cm³/mol. The molecule has 6 N–H and O–H groups in total. The van der Waals surface area contributed by atoms with Crippen molar-refractivity contribution >= 4 is 17.9 Å². The zero-order valence-corrected chi connectivity index (χ0v) is 31.1. The second-order valence-corrected chi connectivity index (χ2v) is 15.6. The molecule has 0 bridgehead atoms. The van der Waals surface area contributed by atoms with E-state index in [0.717, 1.165) is 86.3 Å². The number of carboxylic acid groups (broad SMARTS) is 3. The summed E-state index contributed by atoms with van der Waals surface area (Å²) < 4.78 is 6.30. The second-order valence-electron chi connectivity index (χ2n) is 15.6. The van der Waals surface area contributed by atoms with Gasteiger partial charge in [0, 0.05) is 19.6 Å². The fraction of sp³-hybridized carbons (Fsp3) is 0.512. The fourth-order valence-corrected chi connectivity index (χ4v) is 8.69. The molecular formula is C43H56N4O7. The molecule has 0 unspecified atom stereocenters. The van der Waals surface area contributed by atoms with Gasteiger partial charge in [-0.15, -0.1) is 0 Å². The molecule has 3 aliphatic rings. The van der Waals surface area contributed by atoms with E-state index in [2.05, 4.69) is 45.1 Å². The highest BCUT2D eigenvalue weighted by Crippen LogP contribution is 2.28. The molecule has 3 aliphatic heterocycles. The van der Waals surface area contributed by atoms with Crippen LogP contribution in [0.25, 0.3) is 0 Å². The van der Waals surface area contributed by atoms with Gasteiger partial charge < -0.3 is 36.0 Å². The highest BCUT2D eigenvalue weighted by atomic mass is 16.5. The number of benzene rings is 3. The van der Waals surface area contributed by atoms with E-state index >= 15 is 0 Å². The SMILES string of the molecule is O=C(O)[C@@H](Cc1cccc(CN(CCOc2cccc(C[C@H](C(=O)O)[C@H]3CCNC3)c2)Cc2cccc(C[C@H](C(=O)O)[C@H]3CCNC3)c2)c1)[C@H]1CCNC1. The van der Waals surface area contributed by atoms with Gasteiger partial charge in [0.05, 0.1) is 17.8 Å². The van der Waals surface area contributed by atoms with Gasteiger partial charge in [-0.25, -0.2) is 0 Å². The summed E-state index contributed by atoms with van der Waals surface area (Å²) in [6, 6.07) is 24.2. The van der Waals surface area contributed by atoms with Crippen molar-refractivity contribution < 1.29 is 34.4 Å². The molecule has 290 valence electrons. The molecule has 3 fully saturated rings. The van der Waals surface area contributed by atoms with Crippen LogP contribution >= 0.6 is 0 Å². The maximum Gasteiger partial charge on any atom is 0.307 e. The van der Waals surface area contributed by atoms with Gasteiger partial charge in [0.25, 0.3) is 0 Å². The van der Waals surface area contributed by atoms with Crippen molar-refractivity contribution in [3.05, 3.63) is 101 Å². The van der Waals surface area contributed by atoms with Gasteiger partial charge in [0.1, 0.15) is 12.4 Å². The molecule has 0 spiro atoms. The quantitative estimate of drug-likeness (QED) is 0.0980. The lowest BCUT2D eigenvalue weighted by Gasteiger charge is -2.24. The molecule has 0 saturated carbocycles. The molecule has 3 saturated heterocycles. The maximum atomic E-state index is 12.2. The third-order valence-corrected chi connectivity index (χ3v) is 11.7. The highest BCUT2D eigenvalue weighted by Gasteiger charge is 2.33. The molecule has 54 heavy (non-hydrogen) atoms. The van der Waals surface area contributed by atoms with Crippen LogP contribution in [-0.2, 0) is 46.7 Å². The van der Waals surface area contributed by atoms with Crippen LogP contribution in [0.2, 0.25) is 0 Å². The van der Waals surface area contributed by atoms with Crippen molar-refractivity contribution in [2.24, 2.45) is 35.5 Å². The molecule has 0 amide bonds. The van der Waals surface area contributed by atoms with Crippen LogP contribution in [-0.4, -0.2) is 90.5 Å². The summed E-state index contributed by atoms with van der Waals surface area (Å²) in [4.78, 5) is 38.9. The number of hydrogen-bond acceptors (Lipinski definition) is 8. The van der Waals surface area contributed by atoms with Gasteiger partial charge in [-0.3, -0.25) is 19.3 Å². The summed E-state index contributed by atoms with van der Waals surface area (Å²) in [7, 11) is 0. The fourth-order valence-electron chi connectivity index (χ4n) is 8.69. The second kappa shape index (κ2) is 19.3. The van der Waals surface area contributed by atoms with Crippen LogP contribution in [0, 0.1) is 35.5 Å². The van der Waals surface area contributed by atoms with Crippen molar-refractivity contribution in [3.63, 3.8) is 0 Å². The Morgan fingerprint density at radius 2 is 0.981 bits per heavy atom. The van der Waals surface area contributed by atoms with Crippen molar-refractivity contribution in [1.82, 2.24) is 20.9 Å². The maximum absolute atomic E-state index is 12.2. The molecule has 3 aromatic rings. The average molecular weight is 741 g/mol. The predicted octanol–water partition coefficient (Wildman–Crippen LogP) is 4.33. The summed E-state index contributed by atoms with van der Waals surface area (Å²) in [5.41, 5.74) is 5.13. The highest BCUT2D eigenvalue weighted by molar-refractivity contribution is 5.72. The van der Waals surface area contributed by atoms with E-state index in [-0.39, 0.29) is 17.8 Å². The number of nitrogens with zero attached hydrogens (tertiary/aromatic N) is 1. The van der Waals surface area contributed by atoms with E-state index in [1.54, 1.807) is 0 Å². The summed E-state index contributed by atoms with van der Waals surface area (Å²) in [5, 5.41) is 40.0. The number of hydrogen-bond donors (Lipinski definition) is 6. The van der Waals surface area contributed by atoms with Gasteiger partial charge in [-0.2, -0.15) is 0 Å². The van der Waals surface area contributed by atoms with Crippen LogP contribution in [0.4, 0.5) is 0 Å². The lowest BCUT2D eigenvalue weighted by molar-refractivity contribution is -0.144. The molecule has 6 atom stereocenters. The van der Waals surface area contributed by atoms with Gasteiger partial charge >= 0.3 is 17.9 Å². The minimum atomic E-state index is -0.762. The number of rotatable bonds is 20. The Labute approximate surface area is 318 Å². The van der Waals surface area contributed by atoms with Gasteiger partial charge in [-0.05, 0) is 135 Å². The van der Waals surface area contributed by atoms with Crippen LogP contribution < -0.4 is 20.7 Å². The molecule has 0 aromatic heterocycles. The molecule has 6 rings (SSSR count). The van der Waals surface area contributed by atoms with Gasteiger partial charge in [-0.1, -0.05) is 60.7 Å². The van der Waals surface area contributed by atoms with Crippen LogP contribution in [0.1, 0.15) is 47.1 Å². The molecule has 11 heteroatoms. The number of carboxylic acids is 3.